The number of halogens is 2. The van der Waals surface area contributed by atoms with Gasteiger partial charge in [-0.15, -0.1) is 0 Å². The molecule has 11 aromatic rings. The van der Waals surface area contributed by atoms with Crippen molar-refractivity contribution in [3.05, 3.63) is 247 Å². The number of pyridine rings is 2. The Morgan fingerprint density at radius 1 is 0.523 bits per heavy atom. The Bertz CT molecular complexity index is 4260. The molecule has 4 unspecified atom stereocenters. The highest BCUT2D eigenvalue weighted by molar-refractivity contribution is 6.29. The van der Waals surface area contributed by atoms with E-state index in [2.05, 4.69) is 129 Å². The maximum atomic E-state index is 13.8. The van der Waals surface area contributed by atoms with Gasteiger partial charge in [0.2, 0.25) is 0 Å². The van der Waals surface area contributed by atoms with Crippen LogP contribution in [0.1, 0.15) is 114 Å². The molecule has 5 aliphatic carbocycles. The fourth-order valence-corrected chi connectivity index (χ4v) is 15.0. The largest absolute Gasteiger partial charge is 1.00 e. The van der Waals surface area contributed by atoms with Crippen molar-refractivity contribution in [3.8, 4) is 22.7 Å². The lowest BCUT2D eigenvalue weighted by molar-refractivity contribution is -0.595. The zero-order valence-corrected chi connectivity index (χ0v) is 53.3. The maximum absolute atomic E-state index is 13.8. The van der Waals surface area contributed by atoms with Gasteiger partial charge < -0.3 is 23.5 Å². The second-order valence-corrected chi connectivity index (χ2v) is 25.5. The molecule has 5 heterocycles. The van der Waals surface area contributed by atoms with Crippen molar-refractivity contribution in [2.24, 2.45) is 23.7 Å². The topological polar surface area (TPSA) is 126 Å². The predicted octanol–water partition coefficient (Wildman–Crippen LogP) is 13.4. The second kappa shape index (κ2) is 26.1. The van der Waals surface area contributed by atoms with E-state index < -0.39 is 0 Å². The third kappa shape index (κ3) is 12.6. The molecule has 0 spiro atoms. The summed E-state index contributed by atoms with van der Waals surface area (Å²) in [5, 5.41) is 3.79. The van der Waals surface area contributed by atoms with E-state index in [-0.39, 0.29) is 35.9 Å². The van der Waals surface area contributed by atoms with E-state index in [4.69, 9.17) is 22.3 Å². The number of para-hydroxylation sites is 2. The van der Waals surface area contributed by atoms with Gasteiger partial charge in [0.1, 0.15) is 34.7 Å². The lowest BCUT2D eigenvalue weighted by Crippen LogP contribution is -3.00. The summed E-state index contributed by atoms with van der Waals surface area (Å²) in [5.74, 6) is 3.48. The number of nitrogen functional groups attached to an aromatic ring is 1. The number of hydrogen-bond donors (Lipinski definition) is 2. The number of nitrogens with two attached hydrogens (primary N) is 1. The number of anilines is 3. The number of imidazole rings is 3. The molecule has 5 fully saturated rings. The van der Waals surface area contributed by atoms with Gasteiger partial charge in [0.25, 0.3) is 6.33 Å². The van der Waals surface area contributed by atoms with E-state index in [0.29, 0.717) is 22.6 Å². The van der Waals surface area contributed by atoms with Gasteiger partial charge in [-0.25, -0.2) is 37.8 Å². The number of hydrogen-bond acceptors (Lipinski definition) is 6. The minimum Gasteiger partial charge on any atom is -1.00 e. The summed E-state index contributed by atoms with van der Waals surface area (Å²) in [6.07, 6.45) is 17.6. The zero-order chi connectivity index (χ0) is 60.6. The lowest BCUT2D eigenvalue weighted by atomic mass is 9.68. The fourth-order valence-electron chi connectivity index (χ4n) is 14.8. The summed E-state index contributed by atoms with van der Waals surface area (Å²) in [6.45, 7) is 17.1. The number of aromatic nitrogens is 8. The first-order valence-electron chi connectivity index (χ1n) is 31.0. The van der Waals surface area contributed by atoms with Crippen LogP contribution < -0.4 is 39.4 Å². The van der Waals surface area contributed by atoms with Crippen molar-refractivity contribution < 1.29 is 17.0 Å². The molecular formula is C74H80Cl2N10O2. The van der Waals surface area contributed by atoms with Gasteiger partial charge in [0.05, 0.1) is 22.4 Å². The van der Waals surface area contributed by atoms with Gasteiger partial charge >= 0.3 is 11.4 Å². The minimum absolute atomic E-state index is 0. The van der Waals surface area contributed by atoms with Gasteiger partial charge in [0, 0.05) is 23.5 Å². The van der Waals surface area contributed by atoms with E-state index in [1.54, 1.807) is 15.2 Å². The van der Waals surface area contributed by atoms with Gasteiger partial charge in [-0.1, -0.05) is 138 Å². The zero-order valence-electron chi connectivity index (χ0n) is 51.8. The number of nitrogens with zero attached hydrogens (tertiary/aromatic N) is 8. The van der Waals surface area contributed by atoms with Crippen molar-refractivity contribution in [3.63, 3.8) is 0 Å². The Balaban J connectivity index is 0.000000130. The monoisotopic (exact) mass is 1210 g/mol. The minimum atomic E-state index is 0. The lowest BCUT2D eigenvalue weighted by Gasteiger charge is -2.42. The van der Waals surface area contributed by atoms with Gasteiger partial charge in [-0.3, -0.25) is 9.13 Å². The van der Waals surface area contributed by atoms with Gasteiger partial charge in [0.15, 0.2) is 11.3 Å². The first-order valence-corrected chi connectivity index (χ1v) is 31.4. The fraction of sp³-hybridized carbons (Fsp3) is 0.311. The summed E-state index contributed by atoms with van der Waals surface area (Å²) < 4.78 is 12.0. The average molecular weight is 1210 g/mol. The number of rotatable bonds is 8. The molecule has 0 radical (unpaired) electrons. The first-order chi connectivity index (χ1) is 42.0. The third-order valence-corrected chi connectivity index (χ3v) is 18.9. The highest BCUT2D eigenvalue weighted by Crippen LogP contribution is 2.51. The van der Waals surface area contributed by atoms with Crippen LogP contribution in [-0.4, -0.2) is 32.8 Å². The third-order valence-electron chi connectivity index (χ3n) is 18.6. The average Bonchev–Trinajstić information content (AvgIpc) is 2.14. The normalized spacial score (nSPS) is 18.8. The van der Waals surface area contributed by atoms with Crippen molar-refractivity contribution in [1.29, 1.82) is 0 Å². The van der Waals surface area contributed by atoms with E-state index in [1.807, 2.05) is 125 Å². The van der Waals surface area contributed by atoms with Crippen LogP contribution in [0.4, 0.5) is 17.2 Å². The molecule has 12 nitrogen and oxygen atoms in total. The second-order valence-electron chi connectivity index (χ2n) is 25.1. The van der Waals surface area contributed by atoms with Crippen LogP contribution in [0.3, 0.4) is 0 Å². The van der Waals surface area contributed by atoms with Crippen LogP contribution in [0.2, 0.25) is 5.15 Å². The number of benzene rings is 6. The molecular weight excluding hydrogens is 1130 g/mol. The van der Waals surface area contributed by atoms with Crippen LogP contribution >= 0.6 is 11.6 Å². The molecule has 452 valence electrons. The van der Waals surface area contributed by atoms with Crippen molar-refractivity contribution in [2.75, 3.05) is 11.1 Å². The van der Waals surface area contributed by atoms with E-state index in [9.17, 15) is 9.59 Å². The van der Waals surface area contributed by atoms with Crippen molar-refractivity contribution >= 4 is 51.1 Å². The highest BCUT2D eigenvalue weighted by Gasteiger charge is 2.42. The van der Waals surface area contributed by atoms with Crippen LogP contribution in [-0.2, 0) is 0 Å². The standard InChI is InChI=1S/C26H26N4O.C21H22ClN3O.C21H25N2.C6H7N.ClH/c1-17-7-11-21(12-8-17)29-25-22(13-14-24(28-25)27-20-5-3-2-4-6-20)30(26(29)31)23-16-18-9-10-19(23)15-18;1-13-2-8-16(9-3-13)24-20-17(10-11-19(22)23-20)25(21(24)26)18-12-14-4-6-15(18)7-5-14;1-14-9-16(3)20(17(4)10-14)22-7-8-23(13-22)21-18(5)11-15(2)12-19(21)6;7-6-4-2-1-3-5-6;/h2-8,11-14,18-19,23H,9-10,15-16H2,1H3,(H,27,28);2-3,8-11,14-15,18H,4-7,12H2,1H3;7-13H,1-6H3;1-5H,7H2;1H/q;;+1;;/p-1. The molecule has 3 N–H and O–H groups in total. The molecule has 6 aromatic carbocycles. The first kappa shape index (κ1) is 61.2. The van der Waals surface area contributed by atoms with Crippen LogP contribution in [0.25, 0.3) is 45.1 Å². The molecule has 88 heavy (non-hydrogen) atoms. The van der Waals surface area contributed by atoms with Crippen molar-refractivity contribution in [1.82, 2.24) is 32.8 Å². The molecule has 0 aliphatic heterocycles. The molecule has 4 bridgehead atoms. The molecule has 16 rings (SSSR count). The van der Waals surface area contributed by atoms with E-state index in [0.717, 1.165) is 69.9 Å². The van der Waals surface area contributed by atoms with E-state index in [1.165, 1.54) is 101 Å². The Kier molecular flexibility index (Phi) is 18.1. The Morgan fingerprint density at radius 3 is 1.51 bits per heavy atom. The van der Waals surface area contributed by atoms with E-state index >= 15 is 0 Å². The summed E-state index contributed by atoms with van der Waals surface area (Å²) in [5.41, 5.74) is 24.9. The Morgan fingerprint density at radius 2 is 1.01 bits per heavy atom. The van der Waals surface area contributed by atoms with Crippen molar-refractivity contribution in [2.45, 2.75) is 125 Å². The Hall–Kier alpha value is -8.45. The number of aryl methyl sites for hydroxylation is 8. The molecule has 0 saturated heterocycles. The smallest absolute Gasteiger partial charge is 0.335 e. The quantitative estimate of drug-likeness (QED) is 0.0886. The molecule has 0 amide bonds. The van der Waals surface area contributed by atoms with Gasteiger partial charge in [-0.2, -0.15) is 0 Å². The molecule has 5 aliphatic rings. The molecule has 5 saturated carbocycles. The number of nitrogens with one attached hydrogen (secondary N) is 1. The predicted molar refractivity (Wildman–Crippen MR) is 355 cm³/mol. The maximum Gasteiger partial charge on any atom is 0.335 e. The van der Waals surface area contributed by atoms with Crippen LogP contribution in [0.15, 0.2) is 186 Å². The van der Waals surface area contributed by atoms with Crippen LogP contribution in [0, 0.1) is 79.1 Å². The summed E-state index contributed by atoms with van der Waals surface area (Å²) in [4.78, 5) is 36.7. The Labute approximate surface area is 527 Å². The SMILES string of the molecule is Cc1cc(C)c(-n2cc[n+](-c3c(C)cc(C)cc3C)c2)c(C)c1.Cc1ccc(-n2c(=O)n(C3CC4CCC3C4)c3ccc(Nc4ccccc4)nc32)cc1.Cc1ccc(-n2c(=O)n(C3CC4CCC3CC4)c3ccc(Cl)nc32)cc1.Nc1ccccc1.[Cl-]. The summed E-state index contributed by atoms with van der Waals surface area (Å²) in [6, 6.07) is 53.0. The molecule has 14 heteroatoms. The van der Waals surface area contributed by atoms with Crippen LogP contribution in [0.5, 0.6) is 0 Å². The number of fused-ring (bicyclic) bond motifs is 7. The summed E-state index contributed by atoms with van der Waals surface area (Å²) in [7, 11) is 0. The molecule has 5 aromatic heterocycles. The highest BCUT2D eigenvalue weighted by atomic mass is 35.5. The van der Waals surface area contributed by atoms with Gasteiger partial charge in [-0.05, 0) is 213 Å². The molecule has 4 atom stereocenters. The summed E-state index contributed by atoms with van der Waals surface area (Å²) >= 11 is 6.18.